The van der Waals surface area contributed by atoms with Crippen LogP contribution in [0.25, 0.3) is 0 Å². The van der Waals surface area contributed by atoms with Gasteiger partial charge in [-0.05, 0) is 6.07 Å². The highest BCUT2D eigenvalue weighted by Gasteiger charge is 1.89. The number of aromatic nitrogens is 1. The predicted octanol–water partition coefficient (Wildman–Crippen LogP) is 1.07. The van der Waals surface area contributed by atoms with Crippen molar-refractivity contribution in [3.63, 3.8) is 0 Å². The molecule has 0 bridgehead atoms. The van der Waals surface area contributed by atoms with Crippen molar-refractivity contribution < 1.29 is 4.57 Å². The van der Waals surface area contributed by atoms with Gasteiger partial charge < -0.3 is 0 Å². The summed E-state index contributed by atoms with van der Waals surface area (Å²) in [6.45, 7) is 0. The molecule has 41 valence electrons. The van der Waals surface area contributed by atoms with E-state index in [1.54, 1.807) is 0 Å². The molecule has 2 heteroatoms. The molecular formula is C6H7NS+. The van der Waals surface area contributed by atoms with Gasteiger partial charge in [-0.2, -0.15) is 0 Å². The molecule has 1 heterocycles. The summed E-state index contributed by atoms with van der Waals surface area (Å²) >= 11 is 4.88. The third kappa shape index (κ3) is 1.17. The molecule has 8 heavy (non-hydrogen) atoms. The molecule has 0 aliphatic carbocycles. The molecule has 0 atom stereocenters. The second kappa shape index (κ2) is 2.09. The lowest BCUT2D eigenvalue weighted by Gasteiger charge is -1.83. The quantitative estimate of drug-likeness (QED) is 0.457. The Morgan fingerprint density at radius 3 is 2.75 bits per heavy atom. The van der Waals surface area contributed by atoms with Crippen LogP contribution in [0.2, 0.25) is 0 Å². The Morgan fingerprint density at radius 2 is 2.38 bits per heavy atom. The van der Waals surface area contributed by atoms with Crippen molar-refractivity contribution in [2.45, 2.75) is 4.90 Å². The lowest BCUT2D eigenvalue weighted by molar-refractivity contribution is -0.673. The summed E-state index contributed by atoms with van der Waals surface area (Å²) in [6, 6.07) is 3.83. The second-order valence-electron chi connectivity index (χ2n) is 1.71. The van der Waals surface area contributed by atoms with Crippen LogP contribution in [-0.2, 0) is 7.05 Å². The molecular weight excluding hydrogens is 118 g/mol. The highest BCUT2D eigenvalue weighted by Crippen LogP contribution is 1.96. The summed E-state index contributed by atoms with van der Waals surface area (Å²) < 4.78 is 1.93. The fourth-order valence-electron chi connectivity index (χ4n) is 0.560. The van der Waals surface area contributed by atoms with Crippen molar-refractivity contribution in [1.29, 1.82) is 0 Å². The largest absolute Gasteiger partial charge is 0.206 e. The van der Waals surface area contributed by atoms with Crippen molar-refractivity contribution >= 4 is 12.6 Å². The highest BCUT2D eigenvalue weighted by atomic mass is 32.1. The van der Waals surface area contributed by atoms with Crippen LogP contribution in [0.3, 0.4) is 0 Å². The minimum Gasteiger partial charge on any atom is -0.206 e. The summed E-state index contributed by atoms with van der Waals surface area (Å²) in [5, 5.41) is 0. The van der Waals surface area contributed by atoms with E-state index in [0.29, 0.717) is 0 Å². The third-order valence-electron chi connectivity index (χ3n) is 0.913. The zero-order valence-corrected chi connectivity index (χ0v) is 5.48. The molecule has 0 saturated heterocycles. The van der Waals surface area contributed by atoms with Crippen LogP contribution < -0.4 is 4.57 Å². The maximum Gasteiger partial charge on any atom is 0.186 e. The van der Waals surface area contributed by atoms with E-state index in [2.05, 4.69) is 0 Å². The van der Waals surface area contributed by atoms with E-state index in [9.17, 15) is 0 Å². The Hall–Kier alpha value is -0.630. The Morgan fingerprint density at radius 1 is 1.62 bits per heavy atom. The van der Waals surface area contributed by atoms with Crippen LogP contribution in [0.15, 0.2) is 29.4 Å². The molecule has 0 aliphatic rings. The Bertz CT molecular complexity index is 168. The van der Waals surface area contributed by atoms with Crippen LogP contribution in [0.4, 0.5) is 0 Å². The number of pyridine rings is 1. The molecule has 0 aliphatic heterocycles. The zero-order valence-electron chi connectivity index (χ0n) is 4.66. The minimum absolute atomic E-state index is 0.884. The zero-order chi connectivity index (χ0) is 5.98. The molecule has 1 aromatic rings. The Kier molecular flexibility index (Phi) is 1.44. The first-order valence-corrected chi connectivity index (χ1v) is 2.82. The lowest BCUT2D eigenvalue weighted by Crippen LogP contribution is -2.25. The van der Waals surface area contributed by atoms with Crippen LogP contribution in [0, 0.1) is 0 Å². The number of nitrogens with zero attached hydrogens (tertiary/aromatic N) is 1. The first-order chi connectivity index (χ1) is 3.79. The summed E-state index contributed by atoms with van der Waals surface area (Å²) in [4.78, 5) is 0.884. The van der Waals surface area contributed by atoms with Crippen molar-refractivity contribution in [2.75, 3.05) is 0 Å². The first kappa shape index (κ1) is 5.51. The van der Waals surface area contributed by atoms with Crippen LogP contribution in [0.1, 0.15) is 0 Å². The summed E-state index contributed by atoms with van der Waals surface area (Å²) in [5.41, 5.74) is 0. The standard InChI is InChI=1S/C6H7NS/c1-7-4-2-3-6(8)5-7/h2-5H,1H3/q+1. The minimum atomic E-state index is 0.884. The lowest BCUT2D eigenvalue weighted by atomic mass is 10.5. The molecule has 1 rings (SSSR count). The average Bonchev–Trinajstić information content (AvgIpc) is 1.64. The van der Waals surface area contributed by atoms with E-state index in [1.807, 2.05) is 36.1 Å². The number of aryl methyl sites for hydroxylation is 1. The maximum atomic E-state index is 4.88. The predicted molar refractivity (Wildman–Crippen MR) is 33.5 cm³/mol. The van der Waals surface area contributed by atoms with Crippen molar-refractivity contribution in [3.8, 4) is 0 Å². The molecule has 0 unspecified atom stereocenters. The fourth-order valence-corrected chi connectivity index (χ4v) is 0.805. The SMILES string of the molecule is C[n+]1cccc([S])c1. The van der Waals surface area contributed by atoms with Crippen LogP contribution in [0.5, 0.6) is 0 Å². The smallest absolute Gasteiger partial charge is 0.186 e. The van der Waals surface area contributed by atoms with Gasteiger partial charge in [-0.25, -0.2) is 4.57 Å². The van der Waals surface area contributed by atoms with Gasteiger partial charge in [-0.15, -0.1) is 0 Å². The van der Waals surface area contributed by atoms with Gasteiger partial charge in [0, 0.05) is 6.07 Å². The van der Waals surface area contributed by atoms with Gasteiger partial charge in [-0.3, -0.25) is 0 Å². The summed E-state index contributed by atoms with van der Waals surface area (Å²) in [5.74, 6) is 0. The van der Waals surface area contributed by atoms with Crippen LogP contribution in [-0.4, -0.2) is 0 Å². The number of hydrogen-bond donors (Lipinski definition) is 0. The molecule has 1 nitrogen and oxygen atoms in total. The average molecular weight is 125 g/mol. The topological polar surface area (TPSA) is 3.88 Å². The summed E-state index contributed by atoms with van der Waals surface area (Å²) in [6.07, 6.45) is 3.85. The second-order valence-corrected chi connectivity index (χ2v) is 2.18. The molecule has 1 radical (unpaired) electrons. The number of rotatable bonds is 0. The Balaban J connectivity index is 3.08. The molecule has 1 aromatic heterocycles. The highest BCUT2D eigenvalue weighted by molar-refractivity contribution is 7.80. The molecule has 0 saturated carbocycles. The molecule has 0 spiro atoms. The van der Waals surface area contributed by atoms with Gasteiger partial charge in [0.05, 0.1) is 0 Å². The van der Waals surface area contributed by atoms with Gasteiger partial charge in [0.15, 0.2) is 12.4 Å². The maximum absolute atomic E-state index is 4.88. The summed E-state index contributed by atoms with van der Waals surface area (Å²) in [7, 11) is 1.95. The van der Waals surface area contributed by atoms with Crippen LogP contribution >= 0.6 is 12.6 Å². The van der Waals surface area contributed by atoms with Crippen molar-refractivity contribution in [1.82, 2.24) is 0 Å². The normalized spacial score (nSPS) is 9.12. The Labute approximate surface area is 54.4 Å². The third-order valence-corrected chi connectivity index (χ3v) is 1.15. The molecule has 0 amide bonds. The van der Waals surface area contributed by atoms with E-state index < -0.39 is 0 Å². The van der Waals surface area contributed by atoms with Crippen molar-refractivity contribution in [3.05, 3.63) is 24.5 Å². The van der Waals surface area contributed by atoms with E-state index in [1.165, 1.54) is 0 Å². The van der Waals surface area contributed by atoms with Gasteiger partial charge in [-0.1, -0.05) is 12.6 Å². The molecule has 0 N–H and O–H groups in total. The molecule has 0 fully saturated rings. The first-order valence-electron chi connectivity index (χ1n) is 2.41. The van der Waals surface area contributed by atoms with E-state index in [4.69, 9.17) is 12.6 Å². The van der Waals surface area contributed by atoms with Gasteiger partial charge in [0.2, 0.25) is 0 Å². The van der Waals surface area contributed by atoms with E-state index >= 15 is 0 Å². The van der Waals surface area contributed by atoms with Crippen molar-refractivity contribution in [2.24, 2.45) is 7.05 Å². The number of hydrogen-bond acceptors (Lipinski definition) is 0. The van der Waals surface area contributed by atoms with E-state index in [0.717, 1.165) is 4.90 Å². The fraction of sp³-hybridized carbons (Fsp3) is 0.167. The van der Waals surface area contributed by atoms with Gasteiger partial charge in [0.1, 0.15) is 11.9 Å². The molecule has 0 aromatic carbocycles. The monoisotopic (exact) mass is 125 g/mol. The van der Waals surface area contributed by atoms with Gasteiger partial charge in [0.25, 0.3) is 0 Å². The van der Waals surface area contributed by atoms with Gasteiger partial charge >= 0.3 is 0 Å². The van der Waals surface area contributed by atoms with E-state index in [-0.39, 0.29) is 0 Å².